The molecule has 0 aliphatic rings. The molecule has 0 saturated carbocycles. The van der Waals surface area contributed by atoms with E-state index in [1.165, 1.54) is 0 Å². The van der Waals surface area contributed by atoms with Crippen LogP contribution < -0.4 is 9.46 Å². The van der Waals surface area contributed by atoms with Crippen molar-refractivity contribution in [2.75, 3.05) is 13.7 Å². The molecule has 5 nitrogen and oxygen atoms in total. The summed E-state index contributed by atoms with van der Waals surface area (Å²) in [5, 5.41) is 7.77. The maximum Gasteiger partial charge on any atom is 0.227 e. The van der Waals surface area contributed by atoms with Crippen LogP contribution in [0.4, 0.5) is 0 Å². The van der Waals surface area contributed by atoms with E-state index in [1.54, 1.807) is 20.1 Å². The van der Waals surface area contributed by atoms with E-state index >= 15 is 0 Å². The summed E-state index contributed by atoms with van der Waals surface area (Å²) in [5.41, 5.74) is 1.01. The van der Waals surface area contributed by atoms with E-state index in [4.69, 9.17) is 10.00 Å². The third kappa shape index (κ3) is 4.54. The Kier molecular flexibility index (Phi) is 5.80. The lowest BCUT2D eigenvalue weighted by Gasteiger charge is -2.10. The predicted molar refractivity (Wildman–Crippen MR) is 73.3 cm³/mol. The molecule has 6 heteroatoms. The summed E-state index contributed by atoms with van der Waals surface area (Å²) >= 11 is 0. The van der Waals surface area contributed by atoms with E-state index < -0.39 is 15.3 Å². The third-order valence-electron chi connectivity index (χ3n) is 2.77. The number of nitrogens with zero attached hydrogens (tertiary/aromatic N) is 1. The first-order valence-electron chi connectivity index (χ1n) is 6.04. The minimum absolute atomic E-state index is 0.285. The number of ether oxygens (including phenoxy) is 1. The highest BCUT2D eigenvalue weighted by atomic mass is 32.2. The summed E-state index contributed by atoms with van der Waals surface area (Å²) < 4.78 is 31.0. The molecule has 0 aromatic heterocycles. The van der Waals surface area contributed by atoms with Crippen LogP contribution in [0.25, 0.3) is 0 Å². The van der Waals surface area contributed by atoms with Crippen LogP contribution in [0.5, 0.6) is 5.75 Å². The van der Waals surface area contributed by atoms with Gasteiger partial charge in [-0.2, -0.15) is 5.26 Å². The van der Waals surface area contributed by atoms with Gasteiger partial charge in [-0.15, -0.1) is 0 Å². The van der Waals surface area contributed by atoms with Gasteiger partial charge < -0.3 is 4.74 Å². The second-order valence-electron chi connectivity index (χ2n) is 4.06. The molecule has 1 aromatic rings. The van der Waals surface area contributed by atoms with Gasteiger partial charge in [-0.1, -0.05) is 19.1 Å². The number of rotatable bonds is 7. The molecule has 0 bridgehead atoms. The number of sulfonamides is 1. The Hall–Kier alpha value is -1.58. The van der Waals surface area contributed by atoms with Crippen LogP contribution >= 0.6 is 0 Å². The number of hydrogen-bond acceptors (Lipinski definition) is 4. The van der Waals surface area contributed by atoms with Crippen molar-refractivity contribution in [1.29, 1.82) is 5.26 Å². The van der Waals surface area contributed by atoms with E-state index in [-0.39, 0.29) is 13.0 Å². The van der Waals surface area contributed by atoms with Crippen LogP contribution in [0.15, 0.2) is 24.3 Å². The van der Waals surface area contributed by atoms with E-state index in [0.29, 0.717) is 6.42 Å². The maximum absolute atomic E-state index is 11.7. The van der Waals surface area contributed by atoms with Crippen molar-refractivity contribution in [1.82, 2.24) is 4.72 Å². The molecular weight excluding hydrogens is 264 g/mol. The Morgan fingerprint density at radius 1 is 1.37 bits per heavy atom. The van der Waals surface area contributed by atoms with Crippen molar-refractivity contribution in [2.45, 2.75) is 25.0 Å². The number of hydrogen-bond donors (Lipinski definition) is 1. The molecule has 104 valence electrons. The zero-order chi connectivity index (χ0) is 14.3. The highest BCUT2D eigenvalue weighted by Crippen LogP contribution is 2.11. The van der Waals surface area contributed by atoms with Crippen molar-refractivity contribution in [3.8, 4) is 11.8 Å². The fourth-order valence-electron chi connectivity index (χ4n) is 1.61. The number of nitrogens with one attached hydrogen (secondary N) is 1. The van der Waals surface area contributed by atoms with Crippen LogP contribution in [0.2, 0.25) is 0 Å². The monoisotopic (exact) mass is 282 g/mol. The zero-order valence-corrected chi connectivity index (χ0v) is 11.9. The normalized spacial score (nSPS) is 12.7. The molecule has 19 heavy (non-hydrogen) atoms. The van der Waals surface area contributed by atoms with Crippen LogP contribution in [0, 0.1) is 11.3 Å². The SMILES string of the molecule is CCC(C#N)S(=O)(=O)NCCc1ccc(OC)cc1. The molecule has 0 radical (unpaired) electrons. The van der Waals surface area contributed by atoms with Crippen molar-refractivity contribution >= 4 is 10.0 Å². The van der Waals surface area contributed by atoms with Gasteiger partial charge in [-0.05, 0) is 30.5 Å². The molecule has 0 aliphatic carbocycles. The largest absolute Gasteiger partial charge is 0.497 e. The Labute approximate surface area is 114 Å². The molecule has 1 N–H and O–H groups in total. The molecule has 1 rings (SSSR count). The van der Waals surface area contributed by atoms with Crippen molar-refractivity contribution in [3.63, 3.8) is 0 Å². The Morgan fingerprint density at radius 3 is 2.47 bits per heavy atom. The molecule has 0 aliphatic heterocycles. The van der Waals surface area contributed by atoms with Crippen LogP contribution in [0.1, 0.15) is 18.9 Å². The topological polar surface area (TPSA) is 79.2 Å². The van der Waals surface area contributed by atoms with Crippen LogP contribution in [-0.2, 0) is 16.4 Å². The zero-order valence-electron chi connectivity index (χ0n) is 11.1. The molecule has 0 saturated heterocycles. The van der Waals surface area contributed by atoms with Crippen molar-refractivity contribution in [2.24, 2.45) is 0 Å². The van der Waals surface area contributed by atoms with Gasteiger partial charge in [-0.3, -0.25) is 0 Å². The van der Waals surface area contributed by atoms with E-state index in [9.17, 15) is 8.42 Å². The van der Waals surface area contributed by atoms with Crippen LogP contribution in [0.3, 0.4) is 0 Å². The van der Waals surface area contributed by atoms with E-state index in [1.807, 2.05) is 24.3 Å². The van der Waals surface area contributed by atoms with Crippen molar-refractivity contribution in [3.05, 3.63) is 29.8 Å². The summed E-state index contributed by atoms with van der Waals surface area (Å²) in [6.45, 7) is 1.96. The van der Waals surface area contributed by atoms with Gasteiger partial charge in [0.05, 0.1) is 13.2 Å². The highest BCUT2D eigenvalue weighted by molar-refractivity contribution is 7.90. The lowest BCUT2D eigenvalue weighted by molar-refractivity contribution is 0.414. The Bertz CT molecular complexity index is 532. The second kappa shape index (κ2) is 7.12. The smallest absolute Gasteiger partial charge is 0.227 e. The van der Waals surface area contributed by atoms with Gasteiger partial charge in [0, 0.05) is 6.54 Å². The van der Waals surface area contributed by atoms with Gasteiger partial charge in [0.25, 0.3) is 0 Å². The molecule has 1 unspecified atom stereocenters. The lowest BCUT2D eigenvalue weighted by Crippen LogP contribution is -2.34. The summed E-state index contributed by atoms with van der Waals surface area (Å²) in [7, 11) is -1.95. The molecule has 1 aromatic carbocycles. The average molecular weight is 282 g/mol. The summed E-state index contributed by atoms with van der Waals surface area (Å²) in [4.78, 5) is 0. The van der Waals surface area contributed by atoms with E-state index in [2.05, 4.69) is 4.72 Å². The first-order valence-corrected chi connectivity index (χ1v) is 7.59. The number of benzene rings is 1. The third-order valence-corrected chi connectivity index (χ3v) is 4.56. The van der Waals surface area contributed by atoms with Gasteiger partial charge in [0.2, 0.25) is 10.0 Å². The van der Waals surface area contributed by atoms with Gasteiger partial charge >= 0.3 is 0 Å². The summed E-state index contributed by atoms with van der Waals surface area (Å²) in [6.07, 6.45) is 0.861. The average Bonchev–Trinajstić information content (AvgIpc) is 2.40. The quantitative estimate of drug-likeness (QED) is 0.821. The lowest BCUT2D eigenvalue weighted by atomic mass is 10.1. The first kappa shape index (κ1) is 15.5. The second-order valence-corrected chi connectivity index (χ2v) is 6.01. The summed E-state index contributed by atoms with van der Waals surface area (Å²) in [6, 6.07) is 9.21. The van der Waals surface area contributed by atoms with Gasteiger partial charge in [-0.25, -0.2) is 13.1 Å². The number of methoxy groups -OCH3 is 1. The predicted octanol–water partition coefficient (Wildman–Crippen LogP) is 1.46. The molecule has 0 spiro atoms. The minimum atomic E-state index is -3.54. The first-order chi connectivity index (χ1) is 9.03. The van der Waals surface area contributed by atoms with E-state index in [0.717, 1.165) is 11.3 Å². The molecule has 0 heterocycles. The minimum Gasteiger partial charge on any atom is -0.497 e. The van der Waals surface area contributed by atoms with Crippen molar-refractivity contribution < 1.29 is 13.2 Å². The molecule has 0 amide bonds. The molecule has 0 fully saturated rings. The number of nitriles is 1. The van der Waals surface area contributed by atoms with Gasteiger partial charge in [0.1, 0.15) is 5.75 Å². The fraction of sp³-hybridized carbons (Fsp3) is 0.462. The van der Waals surface area contributed by atoms with Crippen LogP contribution in [-0.4, -0.2) is 27.3 Å². The molecular formula is C13H18N2O3S. The fourth-order valence-corrected chi connectivity index (χ4v) is 2.78. The Balaban J connectivity index is 2.52. The standard InChI is InChI=1S/C13H18N2O3S/c1-3-13(10-14)19(16,17)15-9-8-11-4-6-12(18-2)7-5-11/h4-7,13,15H,3,8-9H2,1-2H3. The highest BCUT2D eigenvalue weighted by Gasteiger charge is 2.22. The summed E-state index contributed by atoms with van der Waals surface area (Å²) in [5.74, 6) is 0.764. The maximum atomic E-state index is 11.7. The Morgan fingerprint density at radius 2 is 2.00 bits per heavy atom. The molecule has 1 atom stereocenters. The van der Waals surface area contributed by atoms with Gasteiger partial charge in [0.15, 0.2) is 5.25 Å².